The van der Waals surface area contributed by atoms with Crippen LogP contribution in [0, 0.1) is 0 Å². The van der Waals surface area contributed by atoms with Crippen molar-refractivity contribution >= 4 is 34.6 Å². The van der Waals surface area contributed by atoms with Crippen molar-refractivity contribution in [3.8, 4) is 0 Å². The second-order valence-electron chi connectivity index (χ2n) is 3.74. The molecule has 0 saturated heterocycles. The van der Waals surface area contributed by atoms with E-state index in [1.54, 1.807) is 0 Å². The van der Waals surface area contributed by atoms with Crippen LogP contribution in [0.1, 0.15) is 11.1 Å². The molecule has 1 atom stereocenters. The Hall–Kier alpha value is -1.31. The second-order valence-corrected chi connectivity index (χ2v) is 4.50. The van der Waals surface area contributed by atoms with Crippen molar-refractivity contribution in [2.45, 2.75) is 16.9 Å². The number of primary amides is 1. The normalized spacial score (nSPS) is 11.7. The Morgan fingerprint density at radius 2 is 2.11 bits per heavy atom. The van der Waals surface area contributed by atoms with Crippen LogP contribution in [0.15, 0.2) is 24.3 Å². The van der Waals surface area contributed by atoms with Gasteiger partial charge in [-0.1, -0.05) is 46.9 Å². The monoisotopic (exact) mass is 362 g/mol. The lowest BCUT2D eigenvalue weighted by Crippen LogP contribution is -2.45. The Morgan fingerprint density at radius 1 is 1.44 bits per heavy atom. The van der Waals surface area contributed by atoms with Gasteiger partial charge in [-0.2, -0.15) is 0 Å². The molecular formula is C12H15IN2O3. The zero-order chi connectivity index (χ0) is 13.5. The van der Waals surface area contributed by atoms with Crippen molar-refractivity contribution in [2.24, 2.45) is 5.73 Å². The molecule has 2 amide bonds. The van der Waals surface area contributed by atoms with Crippen LogP contribution >= 0.6 is 22.6 Å². The number of hydrogen-bond donors (Lipinski definition) is 2. The molecule has 1 aromatic rings. The van der Waals surface area contributed by atoms with Crippen LogP contribution in [0.25, 0.3) is 0 Å². The number of carbonyl (C=O) groups excluding carboxylic acids is 2. The van der Waals surface area contributed by atoms with Crippen molar-refractivity contribution in [1.29, 1.82) is 0 Å². The highest BCUT2D eigenvalue weighted by atomic mass is 127. The summed E-state index contributed by atoms with van der Waals surface area (Å²) in [5.41, 5.74) is 7.15. The predicted octanol–water partition coefficient (Wildman–Crippen LogP) is 1.37. The maximum Gasteiger partial charge on any atom is 0.328 e. The Kier molecular flexibility index (Phi) is 5.90. The first-order chi connectivity index (χ1) is 8.56. The summed E-state index contributed by atoms with van der Waals surface area (Å²) in [5.74, 6) is -0.506. The van der Waals surface area contributed by atoms with Crippen LogP contribution in [-0.4, -0.2) is 25.2 Å². The van der Waals surface area contributed by atoms with E-state index in [1.165, 1.54) is 7.11 Å². The highest BCUT2D eigenvalue weighted by Gasteiger charge is 2.20. The van der Waals surface area contributed by atoms with Crippen molar-refractivity contribution in [3.63, 3.8) is 0 Å². The van der Waals surface area contributed by atoms with E-state index >= 15 is 0 Å². The van der Waals surface area contributed by atoms with Gasteiger partial charge in [0.1, 0.15) is 6.04 Å². The van der Waals surface area contributed by atoms with Crippen LogP contribution in [0.3, 0.4) is 0 Å². The fraction of sp³-hybridized carbons (Fsp3) is 0.333. The third-order valence-electron chi connectivity index (χ3n) is 2.39. The van der Waals surface area contributed by atoms with Gasteiger partial charge in [0.2, 0.25) is 0 Å². The Labute approximate surface area is 119 Å². The first-order valence-electron chi connectivity index (χ1n) is 5.34. The number of amides is 2. The summed E-state index contributed by atoms with van der Waals surface area (Å²) in [6.45, 7) is 0. The van der Waals surface area contributed by atoms with Crippen LogP contribution in [-0.2, 0) is 20.4 Å². The molecular weight excluding hydrogens is 347 g/mol. The third kappa shape index (κ3) is 4.52. The lowest BCUT2D eigenvalue weighted by molar-refractivity contribution is -0.142. The fourth-order valence-corrected chi connectivity index (χ4v) is 2.06. The number of nitrogens with one attached hydrogen (secondary N) is 1. The quantitative estimate of drug-likeness (QED) is 0.472. The van der Waals surface area contributed by atoms with Crippen LogP contribution < -0.4 is 11.1 Å². The molecule has 5 nitrogen and oxygen atoms in total. The highest BCUT2D eigenvalue weighted by Crippen LogP contribution is 2.11. The Morgan fingerprint density at radius 3 is 2.67 bits per heavy atom. The molecule has 0 bridgehead atoms. The number of esters is 1. The minimum atomic E-state index is -0.753. The van der Waals surface area contributed by atoms with Gasteiger partial charge in [-0.15, -0.1) is 0 Å². The number of halogens is 1. The second kappa shape index (κ2) is 7.20. The number of urea groups is 1. The highest BCUT2D eigenvalue weighted by molar-refractivity contribution is 14.1. The van der Waals surface area contributed by atoms with Gasteiger partial charge < -0.3 is 15.8 Å². The number of methoxy groups -OCH3 is 1. The van der Waals surface area contributed by atoms with Crippen molar-refractivity contribution < 1.29 is 14.3 Å². The van der Waals surface area contributed by atoms with E-state index in [0.717, 1.165) is 15.6 Å². The van der Waals surface area contributed by atoms with Gasteiger partial charge in [0.25, 0.3) is 0 Å². The number of rotatable bonds is 5. The lowest BCUT2D eigenvalue weighted by atomic mass is 10.0. The minimum absolute atomic E-state index is 0.361. The minimum Gasteiger partial charge on any atom is -0.467 e. The number of benzene rings is 1. The molecule has 1 aromatic carbocycles. The molecule has 0 heterocycles. The van der Waals surface area contributed by atoms with Gasteiger partial charge >= 0.3 is 12.0 Å². The van der Waals surface area contributed by atoms with E-state index in [2.05, 4.69) is 32.6 Å². The number of hydrogen-bond acceptors (Lipinski definition) is 3. The molecule has 6 heteroatoms. The maximum absolute atomic E-state index is 11.5. The maximum atomic E-state index is 11.5. The molecule has 0 aliphatic heterocycles. The van der Waals surface area contributed by atoms with Crippen molar-refractivity contribution in [3.05, 3.63) is 35.4 Å². The van der Waals surface area contributed by atoms with Crippen LogP contribution in [0.2, 0.25) is 0 Å². The van der Waals surface area contributed by atoms with Gasteiger partial charge in [-0.25, -0.2) is 9.59 Å². The van der Waals surface area contributed by atoms with E-state index in [-0.39, 0.29) is 0 Å². The van der Waals surface area contributed by atoms with E-state index in [1.807, 2.05) is 24.3 Å². The SMILES string of the molecule is COC(=O)[C@H](Cc1cccc(CI)c1)NC(N)=O. The lowest BCUT2D eigenvalue weighted by Gasteiger charge is -2.15. The molecule has 0 radical (unpaired) electrons. The van der Waals surface area contributed by atoms with Crippen molar-refractivity contribution in [2.75, 3.05) is 7.11 Å². The third-order valence-corrected chi connectivity index (χ3v) is 3.27. The molecule has 0 aliphatic rings. The molecule has 0 aliphatic carbocycles. The smallest absolute Gasteiger partial charge is 0.328 e. The first kappa shape index (κ1) is 14.7. The first-order valence-corrected chi connectivity index (χ1v) is 6.87. The number of carbonyl (C=O) groups is 2. The van der Waals surface area contributed by atoms with E-state index < -0.39 is 18.0 Å². The molecule has 0 spiro atoms. The molecule has 1 rings (SSSR count). The van der Waals surface area contributed by atoms with Crippen LogP contribution in [0.5, 0.6) is 0 Å². The average molecular weight is 362 g/mol. The van der Waals surface area contributed by atoms with Gasteiger partial charge in [-0.3, -0.25) is 0 Å². The topological polar surface area (TPSA) is 81.4 Å². The van der Waals surface area contributed by atoms with Gasteiger partial charge in [0.15, 0.2) is 0 Å². The molecule has 18 heavy (non-hydrogen) atoms. The standard InChI is InChI=1S/C12H15IN2O3/c1-18-11(16)10(15-12(14)17)6-8-3-2-4-9(5-8)7-13/h2-5,10H,6-7H2,1H3,(H3,14,15,17)/t10-/m0/s1. The zero-order valence-electron chi connectivity index (χ0n) is 9.98. The summed E-state index contributed by atoms with van der Waals surface area (Å²) in [6, 6.07) is 6.32. The molecule has 0 unspecified atom stereocenters. The Balaban J connectivity index is 2.81. The number of alkyl halides is 1. The summed E-state index contributed by atoms with van der Waals surface area (Å²) in [5, 5.41) is 2.38. The van der Waals surface area contributed by atoms with E-state index in [0.29, 0.717) is 6.42 Å². The zero-order valence-corrected chi connectivity index (χ0v) is 12.1. The van der Waals surface area contributed by atoms with E-state index in [4.69, 9.17) is 5.73 Å². The number of nitrogens with two attached hydrogens (primary N) is 1. The van der Waals surface area contributed by atoms with Crippen molar-refractivity contribution in [1.82, 2.24) is 5.32 Å². The molecule has 3 N–H and O–H groups in total. The van der Waals surface area contributed by atoms with Gasteiger partial charge in [0, 0.05) is 10.8 Å². The summed E-state index contributed by atoms with van der Waals surface area (Å²) in [6.07, 6.45) is 0.361. The molecule has 0 aromatic heterocycles. The summed E-state index contributed by atoms with van der Waals surface area (Å²) in [7, 11) is 1.28. The predicted molar refractivity (Wildman–Crippen MR) is 76.4 cm³/mol. The molecule has 0 saturated carbocycles. The molecule has 98 valence electrons. The Bertz CT molecular complexity index is 437. The average Bonchev–Trinajstić information content (AvgIpc) is 2.36. The summed E-state index contributed by atoms with van der Waals surface area (Å²) in [4.78, 5) is 22.4. The van der Waals surface area contributed by atoms with Gasteiger partial charge in [0.05, 0.1) is 7.11 Å². The van der Waals surface area contributed by atoms with E-state index in [9.17, 15) is 9.59 Å². The summed E-state index contributed by atoms with van der Waals surface area (Å²) >= 11 is 2.26. The largest absolute Gasteiger partial charge is 0.467 e. The van der Waals surface area contributed by atoms with Crippen LogP contribution in [0.4, 0.5) is 4.79 Å². The fourth-order valence-electron chi connectivity index (χ4n) is 1.58. The number of ether oxygens (including phenoxy) is 1. The molecule has 0 fully saturated rings. The van der Waals surface area contributed by atoms with Gasteiger partial charge in [-0.05, 0) is 11.1 Å². The summed E-state index contributed by atoms with van der Waals surface area (Å²) < 4.78 is 5.52.